The molecule has 74 valence electrons. The molecule has 0 atom stereocenters. The van der Waals surface area contributed by atoms with Crippen LogP contribution in [0.15, 0.2) is 29.8 Å². The Bertz CT molecular complexity index is 538. The van der Waals surface area contributed by atoms with E-state index >= 15 is 0 Å². The van der Waals surface area contributed by atoms with E-state index in [1.54, 1.807) is 5.51 Å². The molecule has 3 rings (SSSR count). The minimum atomic E-state index is 0.688. The number of anilines is 2. The SMILES string of the molecule is c1ccc2[nH]c(Nc3nncs3)nc2c1. The molecular weight excluding hydrogens is 210 g/mol. The van der Waals surface area contributed by atoms with Gasteiger partial charge in [0.05, 0.1) is 11.0 Å². The van der Waals surface area contributed by atoms with Crippen LogP contribution in [0.3, 0.4) is 0 Å². The largest absolute Gasteiger partial charge is 0.324 e. The number of aromatic amines is 1. The first kappa shape index (κ1) is 8.37. The molecule has 15 heavy (non-hydrogen) atoms. The number of nitrogens with one attached hydrogen (secondary N) is 2. The molecule has 0 spiro atoms. The van der Waals surface area contributed by atoms with E-state index in [-0.39, 0.29) is 0 Å². The van der Waals surface area contributed by atoms with Gasteiger partial charge < -0.3 is 10.3 Å². The fourth-order valence-electron chi connectivity index (χ4n) is 1.34. The first-order valence-corrected chi connectivity index (χ1v) is 5.28. The van der Waals surface area contributed by atoms with Gasteiger partial charge in [0.2, 0.25) is 11.1 Å². The van der Waals surface area contributed by atoms with Gasteiger partial charge in [-0.15, -0.1) is 10.2 Å². The molecule has 0 unspecified atom stereocenters. The van der Waals surface area contributed by atoms with Crippen LogP contribution in [0.4, 0.5) is 11.1 Å². The maximum absolute atomic E-state index is 4.36. The highest BCUT2D eigenvalue weighted by molar-refractivity contribution is 7.13. The molecular formula is C9H7N5S. The van der Waals surface area contributed by atoms with Crippen LogP contribution >= 0.6 is 11.3 Å². The third kappa shape index (κ3) is 1.55. The number of hydrogen-bond donors (Lipinski definition) is 2. The molecule has 1 aromatic carbocycles. The molecule has 6 heteroatoms. The second-order valence-corrected chi connectivity index (χ2v) is 3.80. The van der Waals surface area contributed by atoms with Crippen LogP contribution in [0, 0.1) is 0 Å². The average molecular weight is 217 g/mol. The van der Waals surface area contributed by atoms with E-state index < -0.39 is 0 Å². The smallest absolute Gasteiger partial charge is 0.212 e. The molecule has 2 aromatic heterocycles. The van der Waals surface area contributed by atoms with E-state index in [0.717, 1.165) is 16.2 Å². The zero-order chi connectivity index (χ0) is 10.1. The van der Waals surface area contributed by atoms with E-state index in [9.17, 15) is 0 Å². The predicted molar refractivity (Wildman–Crippen MR) is 59.3 cm³/mol. The topological polar surface area (TPSA) is 66.5 Å². The Hall–Kier alpha value is -1.95. The number of aromatic nitrogens is 4. The minimum absolute atomic E-state index is 0.688. The number of fused-ring (bicyclic) bond motifs is 1. The van der Waals surface area contributed by atoms with Crippen molar-refractivity contribution in [1.29, 1.82) is 0 Å². The molecule has 0 amide bonds. The summed E-state index contributed by atoms with van der Waals surface area (Å²) < 4.78 is 0. The zero-order valence-electron chi connectivity index (χ0n) is 7.64. The number of rotatable bonds is 2. The van der Waals surface area contributed by atoms with Crippen LogP contribution in [-0.2, 0) is 0 Å². The molecule has 0 aliphatic carbocycles. The summed E-state index contributed by atoms with van der Waals surface area (Å²) in [4.78, 5) is 7.51. The molecule has 0 aliphatic heterocycles. The number of nitrogens with zero attached hydrogens (tertiary/aromatic N) is 3. The fourth-order valence-corrected chi connectivity index (χ4v) is 1.78. The molecule has 2 heterocycles. The Balaban J connectivity index is 1.98. The lowest BCUT2D eigenvalue weighted by Crippen LogP contribution is -1.90. The highest BCUT2D eigenvalue weighted by Gasteiger charge is 2.03. The van der Waals surface area contributed by atoms with Crippen molar-refractivity contribution in [2.45, 2.75) is 0 Å². The maximum Gasteiger partial charge on any atom is 0.212 e. The maximum atomic E-state index is 4.36. The number of para-hydroxylation sites is 2. The van der Waals surface area contributed by atoms with Gasteiger partial charge in [-0.25, -0.2) is 4.98 Å². The van der Waals surface area contributed by atoms with E-state index in [4.69, 9.17) is 0 Å². The summed E-state index contributed by atoms with van der Waals surface area (Å²) in [5.74, 6) is 0.688. The lowest BCUT2D eigenvalue weighted by molar-refractivity contribution is 1.09. The Morgan fingerprint density at radius 2 is 2.20 bits per heavy atom. The molecule has 0 saturated carbocycles. The Labute approximate surface area is 89.2 Å². The number of H-pyrrole nitrogens is 1. The summed E-state index contributed by atoms with van der Waals surface area (Å²) in [7, 11) is 0. The van der Waals surface area contributed by atoms with Crippen LogP contribution < -0.4 is 5.32 Å². The van der Waals surface area contributed by atoms with Crippen molar-refractivity contribution in [1.82, 2.24) is 20.2 Å². The van der Waals surface area contributed by atoms with Crippen molar-refractivity contribution in [2.75, 3.05) is 5.32 Å². The van der Waals surface area contributed by atoms with Crippen LogP contribution in [0.25, 0.3) is 11.0 Å². The van der Waals surface area contributed by atoms with Gasteiger partial charge in [0.1, 0.15) is 5.51 Å². The Morgan fingerprint density at radius 1 is 1.27 bits per heavy atom. The van der Waals surface area contributed by atoms with Crippen LogP contribution in [0.1, 0.15) is 0 Å². The third-order valence-electron chi connectivity index (χ3n) is 1.97. The number of hydrogen-bond acceptors (Lipinski definition) is 5. The third-order valence-corrected chi connectivity index (χ3v) is 2.58. The van der Waals surface area contributed by atoms with E-state index in [1.165, 1.54) is 11.3 Å². The molecule has 0 aliphatic rings. The molecule has 0 fully saturated rings. The number of imidazole rings is 1. The second-order valence-electron chi connectivity index (χ2n) is 2.97. The highest BCUT2D eigenvalue weighted by Crippen LogP contribution is 2.18. The van der Waals surface area contributed by atoms with Crippen molar-refractivity contribution in [3.05, 3.63) is 29.8 Å². The quantitative estimate of drug-likeness (QED) is 0.690. The van der Waals surface area contributed by atoms with Crippen LogP contribution in [0.5, 0.6) is 0 Å². The predicted octanol–water partition coefficient (Wildman–Crippen LogP) is 2.16. The van der Waals surface area contributed by atoms with Gasteiger partial charge in [-0.2, -0.15) is 0 Å². The minimum Gasteiger partial charge on any atom is -0.324 e. The normalized spacial score (nSPS) is 10.7. The molecule has 3 aromatic rings. The Morgan fingerprint density at radius 3 is 3.00 bits per heavy atom. The molecule has 2 N–H and O–H groups in total. The van der Waals surface area contributed by atoms with Gasteiger partial charge in [0, 0.05) is 0 Å². The standard InChI is InChI=1S/C9H7N5S/c1-2-4-7-6(3-1)11-8(12-7)13-9-14-10-5-15-9/h1-5H,(H2,11,12,13,14). The Kier molecular flexibility index (Phi) is 1.85. The molecule has 0 bridgehead atoms. The monoisotopic (exact) mass is 217 g/mol. The van der Waals surface area contributed by atoms with Crippen molar-refractivity contribution >= 4 is 33.5 Å². The first-order valence-electron chi connectivity index (χ1n) is 4.40. The zero-order valence-corrected chi connectivity index (χ0v) is 8.45. The average Bonchev–Trinajstić information content (AvgIpc) is 2.86. The van der Waals surface area contributed by atoms with Crippen molar-refractivity contribution in [3.8, 4) is 0 Å². The fraction of sp³-hybridized carbons (Fsp3) is 0. The molecule has 5 nitrogen and oxygen atoms in total. The van der Waals surface area contributed by atoms with Crippen molar-refractivity contribution < 1.29 is 0 Å². The van der Waals surface area contributed by atoms with E-state index in [2.05, 4.69) is 25.5 Å². The summed E-state index contributed by atoms with van der Waals surface area (Å²) >= 11 is 1.43. The van der Waals surface area contributed by atoms with Gasteiger partial charge in [-0.1, -0.05) is 23.5 Å². The van der Waals surface area contributed by atoms with Crippen molar-refractivity contribution in [3.63, 3.8) is 0 Å². The summed E-state index contributed by atoms with van der Waals surface area (Å²) in [5.41, 5.74) is 3.61. The summed E-state index contributed by atoms with van der Waals surface area (Å²) in [6.45, 7) is 0. The summed E-state index contributed by atoms with van der Waals surface area (Å²) in [5, 5.41) is 11.4. The van der Waals surface area contributed by atoms with Gasteiger partial charge in [0.15, 0.2) is 0 Å². The van der Waals surface area contributed by atoms with Crippen LogP contribution in [0.2, 0.25) is 0 Å². The van der Waals surface area contributed by atoms with Crippen molar-refractivity contribution in [2.24, 2.45) is 0 Å². The van der Waals surface area contributed by atoms with Crippen LogP contribution in [-0.4, -0.2) is 20.2 Å². The van der Waals surface area contributed by atoms with Gasteiger partial charge in [-0.05, 0) is 12.1 Å². The number of benzene rings is 1. The van der Waals surface area contributed by atoms with E-state index in [0.29, 0.717) is 5.95 Å². The van der Waals surface area contributed by atoms with Gasteiger partial charge >= 0.3 is 0 Å². The second kappa shape index (κ2) is 3.32. The lowest BCUT2D eigenvalue weighted by Gasteiger charge is -1.93. The van der Waals surface area contributed by atoms with E-state index in [1.807, 2.05) is 24.3 Å². The summed E-state index contributed by atoms with van der Waals surface area (Å²) in [6, 6.07) is 7.86. The highest BCUT2D eigenvalue weighted by atomic mass is 32.1. The molecule has 0 radical (unpaired) electrons. The molecule has 0 saturated heterocycles. The lowest BCUT2D eigenvalue weighted by atomic mass is 10.3. The van der Waals surface area contributed by atoms with Gasteiger partial charge in [-0.3, -0.25) is 0 Å². The van der Waals surface area contributed by atoms with Gasteiger partial charge in [0.25, 0.3) is 0 Å². The summed E-state index contributed by atoms with van der Waals surface area (Å²) in [6.07, 6.45) is 0. The first-order chi connectivity index (χ1) is 7.42.